The lowest BCUT2D eigenvalue weighted by Gasteiger charge is -2.45. The Kier molecular flexibility index (Phi) is 3.35. The molecule has 0 radical (unpaired) electrons. The lowest BCUT2D eigenvalue weighted by Crippen LogP contribution is -2.48. The Bertz CT molecular complexity index is 617. The predicted octanol–water partition coefficient (Wildman–Crippen LogP) is 2.83. The second kappa shape index (κ2) is 5.25. The molecule has 0 saturated heterocycles. The van der Waals surface area contributed by atoms with Crippen LogP contribution in [-0.4, -0.2) is 11.9 Å². The molecule has 0 spiro atoms. The van der Waals surface area contributed by atoms with Gasteiger partial charge in [0, 0.05) is 12.1 Å². The zero-order chi connectivity index (χ0) is 15.3. The quantitative estimate of drug-likeness (QED) is 0.934. The lowest BCUT2D eigenvalue weighted by atomic mass is 9.62. The van der Waals surface area contributed by atoms with Crippen LogP contribution < -0.4 is 10.9 Å². The van der Waals surface area contributed by atoms with Crippen LogP contribution >= 0.6 is 0 Å². The molecule has 4 rings (SSSR count). The van der Waals surface area contributed by atoms with Crippen LogP contribution in [-0.2, 0) is 0 Å². The summed E-state index contributed by atoms with van der Waals surface area (Å²) in [6, 6.07) is 3.02. The molecule has 1 amide bonds. The number of hydrogen-bond donors (Lipinski definition) is 1. The molecule has 0 aromatic carbocycles. The highest BCUT2D eigenvalue weighted by Crippen LogP contribution is 2.58. The van der Waals surface area contributed by atoms with Gasteiger partial charge in [0.15, 0.2) is 0 Å². The molecule has 1 aromatic heterocycles. The molecular weight excluding hydrogens is 278 g/mol. The summed E-state index contributed by atoms with van der Waals surface area (Å²) in [5, 5.41) is 3.15. The van der Waals surface area contributed by atoms with Gasteiger partial charge in [-0.3, -0.25) is 4.79 Å². The van der Waals surface area contributed by atoms with Crippen molar-refractivity contribution in [2.45, 2.75) is 45.1 Å². The van der Waals surface area contributed by atoms with Crippen molar-refractivity contribution in [2.75, 3.05) is 0 Å². The minimum Gasteiger partial charge on any atom is -0.430 e. The van der Waals surface area contributed by atoms with Crippen LogP contribution in [0.15, 0.2) is 27.6 Å². The van der Waals surface area contributed by atoms with Crippen LogP contribution in [0.4, 0.5) is 0 Å². The van der Waals surface area contributed by atoms with E-state index < -0.39 is 5.63 Å². The first-order valence-electron chi connectivity index (χ1n) is 8.51. The second-order valence-electron chi connectivity index (χ2n) is 7.52. The van der Waals surface area contributed by atoms with Gasteiger partial charge in [-0.15, -0.1) is 0 Å². The molecule has 3 saturated carbocycles. The van der Waals surface area contributed by atoms with Crippen molar-refractivity contribution in [1.82, 2.24) is 5.32 Å². The average molecular weight is 301 g/mol. The van der Waals surface area contributed by atoms with Crippen LogP contribution in [0.3, 0.4) is 0 Å². The summed E-state index contributed by atoms with van der Waals surface area (Å²) in [5.41, 5.74) is 0.00269. The van der Waals surface area contributed by atoms with Gasteiger partial charge in [0.1, 0.15) is 6.26 Å². The van der Waals surface area contributed by atoms with E-state index in [-0.39, 0.29) is 11.9 Å². The van der Waals surface area contributed by atoms with Crippen LogP contribution in [0.25, 0.3) is 0 Å². The smallest absolute Gasteiger partial charge is 0.335 e. The molecule has 22 heavy (non-hydrogen) atoms. The first-order chi connectivity index (χ1) is 10.6. The Morgan fingerprint density at radius 2 is 2.00 bits per heavy atom. The van der Waals surface area contributed by atoms with Crippen LogP contribution in [0.5, 0.6) is 0 Å². The normalized spacial score (nSPS) is 37.0. The molecule has 3 fully saturated rings. The van der Waals surface area contributed by atoms with Gasteiger partial charge >= 0.3 is 5.63 Å². The molecule has 1 heterocycles. The maximum absolute atomic E-state index is 12.3. The molecule has 4 heteroatoms. The summed E-state index contributed by atoms with van der Waals surface area (Å²) in [4.78, 5) is 23.3. The van der Waals surface area contributed by atoms with E-state index >= 15 is 0 Å². The van der Waals surface area contributed by atoms with E-state index in [0.717, 1.165) is 23.7 Å². The molecule has 0 aliphatic heterocycles. The molecule has 1 aromatic rings. The van der Waals surface area contributed by atoms with Crippen molar-refractivity contribution >= 4 is 5.91 Å². The molecule has 3 bridgehead atoms. The van der Waals surface area contributed by atoms with Gasteiger partial charge in [-0.2, -0.15) is 0 Å². The van der Waals surface area contributed by atoms with E-state index in [9.17, 15) is 9.59 Å². The van der Waals surface area contributed by atoms with Crippen LogP contribution in [0.2, 0.25) is 0 Å². The third kappa shape index (κ3) is 2.29. The maximum Gasteiger partial charge on any atom is 0.335 e. The number of fused-ring (bicyclic) bond motifs is 2. The van der Waals surface area contributed by atoms with E-state index in [4.69, 9.17) is 4.42 Å². The van der Waals surface area contributed by atoms with Crippen molar-refractivity contribution in [3.05, 3.63) is 34.4 Å². The second-order valence-corrected chi connectivity index (χ2v) is 7.52. The van der Waals surface area contributed by atoms with Gasteiger partial charge in [-0.25, -0.2) is 4.79 Å². The van der Waals surface area contributed by atoms with E-state index in [1.54, 1.807) is 0 Å². The van der Waals surface area contributed by atoms with Crippen LogP contribution in [0.1, 0.15) is 49.4 Å². The Morgan fingerprint density at radius 1 is 1.23 bits per heavy atom. The van der Waals surface area contributed by atoms with E-state index in [2.05, 4.69) is 12.2 Å². The molecular formula is C18H23NO3. The average Bonchev–Trinajstić information content (AvgIpc) is 2.70. The van der Waals surface area contributed by atoms with Crippen LogP contribution in [0, 0.1) is 29.6 Å². The monoisotopic (exact) mass is 301 g/mol. The molecule has 118 valence electrons. The third-order valence-electron chi connectivity index (χ3n) is 6.33. The minimum absolute atomic E-state index is 0.132. The Morgan fingerprint density at radius 3 is 2.77 bits per heavy atom. The largest absolute Gasteiger partial charge is 0.430 e. The maximum atomic E-state index is 12.3. The first-order valence-corrected chi connectivity index (χ1v) is 8.51. The van der Waals surface area contributed by atoms with Gasteiger partial charge in [-0.05, 0) is 74.7 Å². The highest BCUT2D eigenvalue weighted by Gasteiger charge is 2.51. The van der Waals surface area contributed by atoms with E-state index in [1.807, 2.05) is 0 Å². The fraction of sp³-hybridized carbons (Fsp3) is 0.667. The Hall–Kier alpha value is -1.58. The predicted molar refractivity (Wildman–Crippen MR) is 82.4 cm³/mol. The van der Waals surface area contributed by atoms with Gasteiger partial charge in [0.05, 0.1) is 5.56 Å². The number of carbonyl (C=O) groups is 1. The van der Waals surface area contributed by atoms with E-state index in [0.29, 0.717) is 11.5 Å². The van der Waals surface area contributed by atoms with Gasteiger partial charge in [-0.1, -0.05) is 0 Å². The molecule has 3 aliphatic carbocycles. The standard InChI is InChI=1S/C18H23NO3/c1-10(19-18(21)14-4-5-16(20)22-9-14)17-13-3-2-12-6-11(7-13)8-15(12)17/h4-5,9-13,15,17H,2-3,6-8H2,1H3,(H,19,21)/t10-,11-,12-,13+,15-,17-/m0/s1. The van der Waals surface area contributed by atoms with Crippen molar-refractivity contribution < 1.29 is 9.21 Å². The van der Waals surface area contributed by atoms with Gasteiger partial charge < -0.3 is 9.73 Å². The summed E-state index contributed by atoms with van der Waals surface area (Å²) in [7, 11) is 0. The molecule has 6 atom stereocenters. The zero-order valence-electron chi connectivity index (χ0n) is 13.0. The van der Waals surface area contributed by atoms with Crippen molar-refractivity contribution in [1.29, 1.82) is 0 Å². The molecule has 0 unspecified atom stereocenters. The number of carbonyl (C=O) groups excluding carboxylic acids is 1. The zero-order valence-corrected chi connectivity index (χ0v) is 13.0. The summed E-state index contributed by atoms with van der Waals surface area (Å²) < 4.78 is 4.79. The number of amides is 1. The Labute approximate surface area is 130 Å². The Balaban J connectivity index is 1.48. The van der Waals surface area contributed by atoms with Crippen molar-refractivity contribution in [3.8, 4) is 0 Å². The van der Waals surface area contributed by atoms with E-state index in [1.165, 1.54) is 50.5 Å². The number of hydrogen-bond acceptors (Lipinski definition) is 3. The highest BCUT2D eigenvalue weighted by molar-refractivity contribution is 5.93. The number of nitrogens with one attached hydrogen (secondary N) is 1. The topological polar surface area (TPSA) is 59.3 Å². The number of rotatable bonds is 3. The molecule has 1 N–H and O–H groups in total. The lowest BCUT2D eigenvalue weighted by molar-refractivity contribution is 0.0518. The third-order valence-corrected chi connectivity index (χ3v) is 6.33. The van der Waals surface area contributed by atoms with Crippen molar-refractivity contribution in [2.24, 2.45) is 29.6 Å². The molecule has 3 aliphatic rings. The summed E-state index contributed by atoms with van der Waals surface area (Å²) in [5.74, 6) is 3.92. The summed E-state index contributed by atoms with van der Waals surface area (Å²) in [6.45, 7) is 2.15. The van der Waals surface area contributed by atoms with Gasteiger partial charge in [0.2, 0.25) is 0 Å². The summed E-state index contributed by atoms with van der Waals surface area (Å²) >= 11 is 0. The fourth-order valence-electron chi connectivity index (χ4n) is 5.60. The van der Waals surface area contributed by atoms with Crippen molar-refractivity contribution in [3.63, 3.8) is 0 Å². The summed E-state index contributed by atoms with van der Waals surface area (Å²) in [6.07, 6.45) is 8.13. The highest BCUT2D eigenvalue weighted by atomic mass is 16.4. The first kappa shape index (κ1) is 14.0. The van der Waals surface area contributed by atoms with Gasteiger partial charge in [0.25, 0.3) is 5.91 Å². The fourth-order valence-corrected chi connectivity index (χ4v) is 5.60. The SMILES string of the molecule is C[C@H](NC(=O)c1ccc(=O)oc1)[C@H]1[C@@H]2CC[C@H]3C[C@@H](C2)C[C@@H]31. The molecule has 4 nitrogen and oxygen atoms in total. The minimum atomic E-state index is -0.425.